The first kappa shape index (κ1) is 32.9. The van der Waals surface area contributed by atoms with Crippen LogP contribution in [-0.2, 0) is 5.41 Å². The van der Waals surface area contributed by atoms with Crippen molar-refractivity contribution >= 4 is 21.5 Å². The van der Waals surface area contributed by atoms with Crippen molar-refractivity contribution in [2.75, 3.05) is 0 Å². The Kier molecular flexibility index (Phi) is 7.71. The molecule has 57 heavy (non-hydrogen) atoms. The molecule has 1 aliphatic rings. The average molecular weight is 726 g/mol. The second-order valence-corrected chi connectivity index (χ2v) is 14.7. The van der Waals surface area contributed by atoms with Crippen LogP contribution in [-0.4, -0.2) is 15.0 Å². The highest BCUT2D eigenvalue weighted by atomic mass is 15.0. The minimum Gasteiger partial charge on any atom is -0.208 e. The Hall–Kier alpha value is -7.49. The molecule has 3 nitrogen and oxygen atoms in total. The molecule has 266 valence electrons. The van der Waals surface area contributed by atoms with Gasteiger partial charge in [0.15, 0.2) is 17.5 Å². The van der Waals surface area contributed by atoms with Crippen molar-refractivity contribution in [2.45, 2.75) is 5.41 Å². The van der Waals surface area contributed by atoms with Gasteiger partial charge in [-0.3, -0.25) is 0 Å². The highest BCUT2D eigenvalue weighted by molar-refractivity contribution is 6.17. The molecule has 1 unspecified atom stereocenters. The van der Waals surface area contributed by atoms with E-state index in [1.165, 1.54) is 66.1 Å². The Balaban J connectivity index is 1.26. The average Bonchev–Trinajstić information content (AvgIpc) is 3.59. The summed E-state index contributed by atoms with van der Waals surface area (Å²) in [5, 5.41) is 4.91. The molecular formula is C54H35N3. The van der Waals surface area contributed by atoms with Crippen LogP contribution in [0.4, 0.5) is 0 Å². The van der Waals surface area contributed by atoms with E-state index in [0.717, 1.165) is 16.7 Å². The number of benzene rings is 9. The third kappa shape index (κ3) is 5.17. The van der Waals surface area contributed by atoms with Gasteiger partial charge in [0.2, 0.25) is 0 Å². The number of fused-ring (bicyclic) bond motifs is 5. The number of nitrogens with zero attached hydrogens (tertiary/aromatic N) is 3. The summed E-state index contributed by atoms with van der Waals surface area (Å²) >= 11 is 0. The topological polar surface area (TPSA) is 38.7 Å². The minimum absolute atomic E-state index is 0.637. The summed E-state index contributed by atoms with van der Waals surface area (Å²) in [7, 11) is 0. The molecule has 0 spiro atoms. The molecule has 0 radical (unpaired) electrons. The van der Waals surface area contributed by atoms with E-state index >= 15 is 0 Å². The molecular weight excluding hydrogens is 691 g/mol. The van der Waals surface area contributed by atoms with Crippen LogP contribution < -0.4 is 0 Å². The molecule has 0 aliphatic heterocycles. The maximum atomic E-state index is 5.19. The van der Waals surface area contributed by atoms with Gasteiger partial charge in [-0.15, -0.1) is 0 Å². The van der Waals surface area contributed by atoms with E-state index in [0.29, 0.717) is 17.5 Å². The van der Waals surface area contributed by atoms with Crippen LogP contribution in [0.25, 0.3) is 78.0 Å². The molecule has 11 rings (SSSR count). The van der Waals surface area contributed by atoms with Gasteiger partial charge >= 0.3 is 0 Å². The van der Waals surface area contributed by atoms with Gasteiger partial charge in [-0.25, -0.2) is 15.0 Å². The first-order chi connectivity index (χ1) is 28.3. The van der Waals surface area contributed by atoms with Crippen molar-refractivity contribution in [1.82, 2.24) is 15.0 Å². The molecule has 0 saturated carbocycles. The Labute approximate surface area is 331 Å². The van der Waals surface area contributed by atoms with Gasteiger partial charge in [0.1, 0.15) is 0 Å². The lowest BCUT2D eigenvalue weighted by molar-refractivity contribution is 0.784. The van der Waals surface area contributed by atoms with Crippen LogP contribution in [0.5, 0.6) is 0 Å². The summed E-state index contributed by atoms with van der Waals surface area (Å²) < 4.78 is 0. The first-order valence-electron chi connectivity index (χ1n) is 19.5. The van der Waals surface area contributed by atoms with Crippen molar-refractivity contribution in [3.63, 3.8) is 0 Å². The van der Waals surface area contributed by atoms with Crippen molar-refractivity contribution < 1.29 is 0 Å². The molecule has 9 aromatic carbocycles. The second kappa shape index (κ2) is 13.4. The number of aromatic nitrogens is 3. The molecule has 1 atom stereocenters. The quantitative estimate of drug-likeness (QED) is 0.160. The van der Waals surface area contributed by atoms with Crippen molar-refractivity contribution in [3.05, 3.63) is 235 Å². The maximum absolute atomic E-state index is 5.19. The predicted octanol–water partition coefficient (Wildman–Crippen LogP) is 13.2. The van der Waals surface area contributed by atoms with Crippen LogP contribution >= 0.6 is 0 Å². The molecule has 10 aromatic rings. The van der Waals surface area contributed by atoms with Crippen LogP contribution in [0.3, 0.4) is 0 Å². The first-order valence-corrected chi connectivity index (χ1v) is 19.5. The standard InChI is InChI=1S/C54H35N3/c1-5-19-36(20-6-1)49-43-28-13-15-30-45(43)50(46-31-16-14-29-44(46)49)54(40-25-11-4-12-26-40)47-32-18-17-27-41(47)42-34-33-39(35-48(42)54)53-56-51(37-21-7-2-8-22-37)55-52(57-53)38-23-9-3-10-24-38/h1-35H. The Morgan fingerprint density at radius 1 is 0.298 bits per heavy atom. The van der Waals surface area contributed by atoms with Crippen LogP contribution in [0.2, 0.25) is 0 Å². The predicted molar refractivity (Wildman–Crippen MR) is 234 cm³/mol. The summed E-state index contributed by atoms with van der Waals surface area (Å²) in [5.74, 6) is 1.93. The summed E-state index contributed by atoms with van der Waals surface area (Å²) in [4.78, 5) is 15.4. The Bertz CT molecular complexity index is 2990. The van der Waals surface area contributed by atoms with E-state index in [1.54, 1.807) is 0 Å². The molecule has 0 saturated heterocycles. The summed E-state index contributed by atoms with van der Waals surface area (Å²) in [6.07, 6.45) is 0. The highest BCUT2D eigenvalue weighted by Gasteiger charge is 2.48. The van der Waals surface area contributed by atoms with E-state index < -0.39 is 5.41 Å². The number of hydrogen-bond donors (Lipinski definition) is 0. The molecule has 0 fully saturated rings. The van der Waals surface area contributed by atoms with Gasteiger partial charge < -0.3 is 0 Å². The van der Waals surface area contributed by atoms with Crippen molar-refractivity contribution in [3.8, 4) is 56.4 Å². The zero-order chi connectivity index (χ0) is 37.8. The zero-order valence-electron chi connectivity index (χ0n) is 31.0. The molecule has 1 heterocycles. The smallest absolute Gasteiger partial charge is 0.164 e. The van der Waals surface area contributed by atoms with E-state index in [9.17, 15) is 0 Å². The van der Waals surface area contributed by atoms with E-state index in [4.69, 9.17) is 15.0 Å². The van der Waals surface area contributed by atoms with Gasteiger partial charge in [-0.1, -0.05) is 206 Å². The summed E-state index contributed by atoms with van der Waals surface area (Å²) in [5.41, 5.74) is 12.0. The lowest BCUT2D eigenvalue weighted by Gasteiger charge is -2.36. The molecule has 1 aliphatic carbocycles. The zero-order valence-corrected chi connectivity index (χ0v) is 31.0. The fourth-order valence-electron chi connectivity index (χ4n) is 9.22. The fraction of sp³-hybridized carbons (Fsp3) is 0.0185. The molecule has 3 heteroatoms. The summed E-state index contributed by atoms with van der Waals surface area (Å²) in [6.45, 7) is 0. The van der Waals surface area contributed by atoms with Crippen LogP contribution in [0, 0.1) is 0 Å². The monoisotopic (exact) mass is 725 g/mol. The molecule has 0 N–H and O–H groups in total. The van der Waals surface area contributed by atoms with Crippen LogP contribution in [0.15, 0.2) is 212 Å². The third-order valence-electron chi connectivity index (χ3n) is 11.6. The number of rotatable bonds is 6. The lowest BCUT2D eigenvalue weighted by Crippen LogP contribution is -2.29. The van der Waals surface area contributed by atoms with Crippen molar-refractivity contribution in [2.24, 2.45) is 0 Å². The minimum atomic E-state index is -0.685. The largest absolute Gasteiger partial charge is 0.208 e. The van der Waals surface area contributed by atoms with E-state index in [1.807, 2.05) is 36.4 Å². The normalized spacial score (nSPS) is 14.4. The van der Waals surface area contributed by atoms with Gasteiger partial charge in [0.05, 0.1) is 5.41 Å². The SMILES string of the molecule is c1ccc(-c2nc(-c3ccccc3)nc(-c3ccc4c(c3)C(c3ccccc3)(c3c5ccccc5c(-c5ccccc5)c5ccccc35)c3ccccc3-4)n2)cc1. The van der Waals surface area contributed by atoms with Gasteiger partial charge in [0.25, 0.3) is 0 Å². The van der Waals surface area contributed by atoms with Crippen molar-refractivity contribution in [1.29, 1.82) is 0 Å². The highest BCUT2D eigenvalue weighted by Crippen LogP contribution is 2.60. The fourth-order valence-corrected chi connectivity index (χ4v) is 9.22. The maximum Gasteiger partial charge on any atom is 0.164 e. The molecule has 1 aromatic heterocycles. The van der Waals surface area contributed by atoms with E-state index in [-0.39, 0.29) is 0 Å². The number of hydrogen-bond acceptors (Lipinski definition) is 3. The van der Waals surface area contributed by atoms with Gasteiger partial charge in [0, 0.05) is 16.7 Å². The third-order valence-corrected chi connectivity index (χ3v) is 11.6. The molecule has 0 amide bonds. The Morgan fingerprint density at radius 2 is 0.719 bits per heavy atom. The summed E-state index contributed by atoms with van der Waals surface area (Å²) in [6, 6.07) is 76.0. The Morgan fingerprint density at radius 3 is 1.28 bits per heavy atom. The second-order valence-electron chi connectivity index (χ2n) is 14.7. The van der Waals surface area contributed by atoms with Gasteiger partial charge in [-0.05, 0) is 72.1 Å². The van der Waals surface area contributed by atoms with Gasteiger partial charge in [-0.2, -0.15) is 0 Å². The van der Waals surface area contributed by atoms with E-state index in [2.05, 4.69) is 176 Å². The van der Waals surface area contributed by atoms with Crippen LogP contribution in [0.1, 0.15) is 22.3 Å². The molecule has 0 bridgehead atoms. The lowest BCUT2D eigenvalue weighted by atomic mass is 9.64.